The molecule has 0 saturated carbocycles. The molecule has 2 aromatic carbocycles. The first kappa shape index (κ1) is 26.9. The zero-order valence-electron chi connectivity index (χ0n) is 20.9. The number of hydrogen-bond acceptors (Lipinski definition) is 4. The Morgan fingerprint density at radius 2 is 1.27 bits per heavy atom. The van der Waals surface area contributed by atoms with Gasteiger partial charge in [0.1, 0.15) is 11.6 Å². The SMILES string of the molecule is CCC(=O)C(C)C(=O)C(C)C(=O)CCCO[Si](c1ccccc1)(c1ccccc1)C(C)(C)C. The van der Waals surface area contributed by atoms with Crippen LogP contribution in [0.5, 0.6) is 0 Å². The van der Waals surface area contributed by atoms with Gasteiger partial charge in [-0.15, -0.1) is 0 Å². The highest BCUT2D eigenvalue weighted by Crippen LogP contribution is 2.36. The molecular formula is C28H38O4Si. The van der Waals surface area contributed by atoms with E-state index < -0.39 is 20.2 Å². The lowest BCUT2D eigenvalue weighted by molar-refractivity contribution is -0.137. The van der Waals surface area contributed by atoms with E-state index in [1.165, 1.54) is 10.4 Å². The Hall–Kier alpha value is -2.37. The third kappa shape index (κ3) is 6.15. The van der Waals surface area contributed by atoms with Crippen LogP contribution in [0.4, 0.5) is 0 Å². The summed E-state index contributed by atoms with van der Waals surface area (Å²) >= 11 is 0. The Kier molecular flexibility index (Phi) is 9.50. The molecule has 2 atom stereocenters. The summed E-state index contributed by atoms with van der Waals surface area (Å²) in [4.78, 5) is 37.1. The topological polar surface area (TPSA) is 60.4 Å². The lowest BCUT2D eigenvalue weighted by Gasteiger charge is -2.43. The number of benzene rings is 2. The van der Waals surface area contributed by atoms with Crippen LogP contribution >= 0.6 is 0 Å². The number of carbonyl (C=O) groups excluding carboxylic acids is 3. The second-order valence-corrected chi connectivity index (χ2v) is 14.1. The molecule has 0 radical (unpaired) electrons. The van der Waals surface area contributed by atoms with E-state index in [4.69, 9.17) is 4.43 Å². The highest BCUT2D eigenvalue weighted by atomic mass is 28.4. The standard InChI is InChI=1S/C28H38O4Si/c1-7-25(29)21(2)27(31)22(3)26(30)19-14-20-32-33(28(4,5)6,23-15-10-8-11-16-23)24-17-12-9-13-18-24/h8-13,15-18,21-22H,7,14,19-20H2,1-6H3. The maximum atomic E-state index is 12.7. The molecule has 2 aromatic rings. The van der Waals surface area contributed by atoms with Gasteiger partial charge in [-0.3, -0.25) is 14.4 Å². The first-order valence-corrected chi connectivity index (χ1v) is 13.8. The molecule has 0 heterocycles. The van der Waals surface area contributed by atoms with Gasteiger partial charge in [0.2, 0.25) is 0 Å². The summed E-state index contributed by atoms with van der Waals surface area (Å²) in [6, 6.07) is 20.8. The molecule has 0 aliphatic heterocycles. The van der Waals surface area contributed by atoms with E-state index in [2.05, 4.69) is 45.0 Å². The van der Waals surface area contributed by atoms with Crippen molar-refractivity contribution in [1.29, 1.82) is 0 Å². The molecule has 0 aromatic heterocycles. The van der Waals surface area contributed by atoms with Gasteiger partial charge < -0.3 is 4.43 Å². The Morgan fingerprint density at radius 1 is 0.818 bits per heavy atom. The van der Waals surface area contributed by atoms with Gasteiger partial charge in [-0.25, -0.2) is 0 Å². The molecule has 178 valence electrons. The zero-order valence-corrected chi connectivity index (χ0v) is 21.9. The molecule has 0 spiro atoms. The summed E-state index contributed by atoms with van der Waals surface area (Å²) < 4.78 is 6.81. The fraction of sp³-hybridized carbons (Fsp3) is 0.464. The molecule has 0 aliphatic rings. The van der Waals surface area contributed by atoms with Gasteiger partial charge in [0.05, 0.1) is 11.8 Å². The normalized spacial score (nSPS) is 13.9. The van der Waals surface area contributed by atoms with Crippen molar-refractivity contribution in [2.24, 2.45) is 11.8 Å². The van der Waals surface area contributed by atoms with Gasteiger partial charge >= 0.3 is 0 Å². The third-order valence-corrected chi connectivity index (χ3v) is 11.5. The molecule has 4 nitrogen and oxygen atoms in total. The van der Waals surface area contributed by atoms with Crippen molar-refractivity contribution < 1.29 is 18.8 Å². The van der Waals surface area contributed by atoms with E-state index >= 15 is 0 Å². The monoisotopic (exact) mass is 466 g/mol. The molecule has 2 unspecified atom stereocenters. The van der Waals surface area contributed by atoms with Crippen LogP contribution < -0.4 is 10.4 Å². The lowest BCUT2D eigenvalue weighted by Crippen LogP contribution is -2.66. The number of Topliss-reactive ketones (excluding diaryl/α,β-unsaturated/α-hetero) is 3. The predicted molar refractivity (Wildman–Crippen MR) is 136 cm³/mol. The molecule has 5 heteroatoms. The van der Waals surface area contributed by atoms with Crippen molar-refractivity contribution in [2.75, 3.05) is 6.61 Å². The van der Waals surface area contributed by atoms with E-state index in [1.54, 1.807) is 20.8 Å². The van der Waals surface area contributed by atoms with E-state index in [1.807, 2.05) is 36.4 Å². The summed E-state index contributed by atoms with van der Waals surface area (Å²) in [6.07, 6.45) is 1.11. The average Bonchev–Trinajstić information content (AvgIpc) is 2.82. The van der Waals surface area contributed by atoms with Gasteiger partial charge in [0.15, 0.2) is 5.78 Å². The highest BCUT2D eigenvalue weighted by molar-refractivity contribution is 6.99. The van der Waals surface area contributed by atoms with Crippen LogP contribution in [0.2, 0.25) is 5.04 Å². The van der Waals surface area contributed by atoms with Gasteiger partial charge in [-0.2, -0.15) is 0 Å². The van der Waals surface area contributed by atoms with E-state index in [-0.39, 0.29) is 28.8 Å². The molecule has 0 amide bonds. The van der Waals surface area contributed by atoms with Crippen molar-refractivity contribution in [3.8, 4) is 0 Å². The minimum atomic E-state index is -2.63. The molecular weight excluding hydrogens is 428 g/mol. The summed E-state index contributed by atoms with van der Waals surface area (Å²) in [5.41, 5.74) is 0. The van der Waals surface area contributed by atoms with Crippen LogP contribution in [0, 0.1) is 11.8 Å². The number of carbonyl (C=O) groups is 3. The van der Waals surface area contributed by atoms with Crippen molar-refractivity contribution in [3.63, 3.8) is 0 Å². The van der Waals surface area contributed by atoms with Crippen LogP contribution in [-0.2, 0) is 18.8 Å². The van der Waals surface area contributed by atoms with Crippen LogP contribution in [0.3, 0.4) is 0 Å². The van der Waals surface area contributed by atoms with E-state index in [0.717, 1.165) is 0 Å². The van der Waals surface area contributed by atoms with E-state index in [0.29, 0.717) is 19.4 Å². The van der Waals surface area contributed by atoms with Crippen molar-refractivity contribution in [1.82, 2.24) is 0 Å². The Bertz CT molecular complexity index is 892. The summed E-state index contributed by atoms with van der Waals surface area (Å²) in [5, 5.41) is 2.27. The third-order valence-electron chi connectivity index (χ3n) is 6.47. The van der Waals surface area contributed by atoms with Crippen molar-refractivity contribution in [2.45, 2.75) is 65.8 Å². The highest BCUT2D eigenvalue weighted by Gasteiger charge is 2.50. The molecule has 0 N–H and O–H groups in total. The minimum Gasteiger partial charge on any atom is -0.407 e. The molecule has 0 saturated heterocycles. The first-order valence-electron chi connectivity index (χ1n) is 11.9. The van der Waals surface area contributed by atoms with Gasteiger partial charge in [0.25, 0.3) is 8.32 Å². The summed E-state index contributed by atoms with van der Waals surface area (Å²) in [7, 11) is -2.63. The lowest BCUT2D eigenvalue weighted by atomic mass is 9.87. The van der Waals surface area contributed by atoms with E-state index in [9.17, 15) is 14.4 Å². The Balaban J connectivity index is 2.17. The number of ketones is 3. The molecule has 0 fully saturated rings. The summed E-state index contributed by atoms with van der Waals surface area (Å²) in [5.74, 6) is -2.00. The molecule has 0 aliphatic carbocycles. The van der Waals surface area contributed by atoms with Crippen molar-refractivity contribution >= 4 is 36.0 Å². The van der Waals surface area contributed by atoms with Crippen LogP contribution in [0.1, 0.15) is 60.8 Å². The summed E-state index contributed by atoms with van der Waals surface area (Å²) in [6.45, 7) is 12.0. The quantitative estimate of drug-likeness (QED) is 0.258. The fourth-order valence-electron chi connectivity index (χ4n) is 4.45. The predicted octanol–water partition coefficient (Wildman–Crippen LogP) is 4.73. The number of hydrogen-bond donors (Lipinski definition) is 0. The Morgan fingerprint density at radius 3 is 1.70 bits per heavy atom. The molecule has 0 bridgehead atoms. The van der Waals surface area contributed by atoms with Crippen LogP contribution in [0.25, 0.3) is 0 Å². The van der Waals surface area contributed by atoms with Crippen LogP contribution in [0.15, 0.2) is 60.7 Å². The van der Waals surface area contributed by atoms with Gasteiger partial charge in [-0.1, -0.05) is 88.4 Å². The van der Waals surface area contributed by atoms with Gasteiger partial charge in [0, 0.05) is 19.4 Å². The minimum absolute atomic E-state index is 0.116. The van der Waals surface area contributed by atoms with Crippen LogP contribution in [-0.4, -0.2) is 32.3 Å². The van der Waals surface area contributed by atoms with Gasteiger partial charge in [-0.05, 0) is 35.7 Å². The molecule has 2 rings (SSSR count). The Labute approximate surface area is 199 Å². The average molecular weight is 467 g/mol. The van der Waals surface area contributed by atoms with Crippen molar-refractivity contribution in [3.05, 3.63) is 60.7 Å². The first-order chi connectivity index (χ1) is 15.6. The second-order valence-electron chi connectivity index (χ2n) is 9.75. The maximum Gasteiger partial charge on any atom is 0.261 e. The second kappa shape index (κ2) is 11.7. The maximum absolute atomic E-state index is 12.7. The smallest absolute Gasteiger partial charge is 0.261 e. The fourth-order valence-corrected chi connectivity index (χ4v) is 9.05. The number of rotatable bonds is 12. The zero-order chi connectivity index (χ0) is 24.6. The molecule has 33 heavy (non-hydrogen) atoms. The largest absolute Gasteiger partial charge is 0.407 e.